The van der Waals surface area contributed by atoms with Crippen molar-refractivity contribution in [3.8, 4) is 11.1 Å². The average Bonchev–Trinajstić information content (AvgIpc) is 2.46. The van der Waals surface area contributed by atoms with E-state index < -0.39 is 5.97 Å². The number of hydrogen-bond donors (Lipinski definition) is 2. The lowest BCUT2D eigenvalue weighted by Gasteiger charge is -2.14. The van der Waals surface area contributed by atoms with Crippen LogP contribution in [0.15, 0.2) is 36.5 Å². The maximum atomic E-state index is 11.2. The molecular weight excluding hydrogens is 264 g/mol. The van der Waals surface area contributed by atoms with Crippen LogP contribution in [0.25, 0.3) is 11.1 Å². The number of benzene rings is 1. The van der Waals surface area contributed by atoms with Gasteiger partial charge in [0.25, 0.3) is 0 Å². The van der Waals surface area contributed by atoms with Crippen LogP contribution in [0.1, 0.15) is 36.8 Å². The Labute approximate surface area is 124 Å². The van der Waals surface area contributed by atoms with Gasteiger partial charge in [-0.25, -0.2) is 9.78 Å². The first-order valence-electron chi connectivity index (χ1n) is 7.10. The molecule has 2 aromatic rings. The summed E-state index contributed by atoms with van der Waals surface area (Å²) in [5.74, 6) is -1.02. The average molecular weight is 284 g/mol. The molecule has 1 aromatic carbocycles. The molecule has 4 heteroatoms. The van der Waals surface area contributed by atoms with Gasteiger partial charge in [0.1, 0.15) is 0 Å². The Morgan fingerprint density at radius 2 is 2.05 bits per heavy atom. The number of carbonyl (C=O) groups is 1. The Kier molecular flexibility index (Phi) is 4.58. The molecule has 0 radical (unpaired) electrons. The number of anilines is 1. The first kappa shape index (κ1) is 15.0. The van der Waals surface area contributed by atoms with Crippen molar-refractivity contribution in [1.29, 1.82) is 0 Å². The highest BCUT2D eigenvalue weighted by Crippen LogP contribution is 2.25. The van der Waals surface area contributed by atoms with Gasteiger partial charge in [-0.1, -0.05) is 31.2 Å². The quantitative estimate of drug-likeness (QED) is 0.876. The zero-order chi connectivity index (χ0) is 15.4. The number of carboxylic acid groups (broad SMARTS) is 1. The van der Waals surface area contributed by atoms with Gasteiger partial charge in [-0.15, -0.1) is 0 Å². The van der Waals surface area contributed by atoms with Gasteiger partial charge in [0, 0.05) is 17.8 Å². The van der Waals surface area contributed by atoms with E-state index in [2.05, 4.69) is 29.4 Å². The first-order chi connectivity index (χ1) is 10.0. The second-order valence-electron chi connectivity index (χ2n) is 5.28. The summed E-state index contributed by atoms with van der Waals surface area (Å²) in [6, 6.07) is 10.2. The molecule has 0 aliphatic rings. The number of carboxylic acids is 1. The zero-order valence-electron chi connectivity index (χ0n) is 12.6. The van der Waals surface area contributed by atoms with Crippen molar-refractivity contribution in [3.63, 3.8) is 0 Å². The predicted molar refractivity (Wildman–Crippen MR) is 84.8 cm³/mol. The standard InChI is InChI=1S/C17H20N2O2/c1-4-12-6-5-7-13(8-12)14-9-15(19-11(2)3)16(17(20)21)18-10-14/h5-11,19H,4H2,1-3H3,(H,20,21). The fourth-order valence-corrected chi connectivity index (χ4v) is 2.18. The molecule has 0 atom stereocenters. The summed E-state index contributed by atoms with van der Waals surface area (Å²) in [5.41, 5.74) is 3.81. The van der Waals surface area contributed by atoms with E-state index in [1.807, 2.05) is 32.0 Å². The lowest BCUT2D eigenvalue weighted by atomic mass is 10.0. The third-order valence-electron chi connectivity index (χ3n) is 3.20. The van der Waals surface area contributed by atoms with E-state index in [-0.39, 0.29) is 11.7 Å². The molecule has 0 aliphatic heterocycles. The maximum Gasteiger partial charge on any atom is 0.356 e. The van der Waals surface area contributed by atoms with Crippen LogP contribution in [0.3, 0.4) is 0 Å². The molecule has 4 nitrogen and oxygen atoms in total. The minimum absolute atomic E-state index is 0.0547. The summed E-state index contributed by atoms with van der Waals surface area (Å²) < 4.78 is 0. The largest absolute Gasteiger partial charge is 0.476 e. The second-order valence-corrected chi connectivity index (χ2v) is 5.28. The smallest absolute Gasteiger partial charge is 0.356 e. The Morgan fingerprint density at radius 3 is 2.67 bits per heavy atom. The zero-order valence-corrected chi connectivity index (χ0v) is 12.6. The minimum Gasteiger partial charge on any atom is -0.476 e. The number of nitrogens with one attached hydrogen (secondary N) is 1. The highest BCUT2D eigenvalue weighted by molar-refractivity contribution is 5.93. The molecule has 0 amide bonds. The van der Waals surface area contributed by atoms with Gasteiger partial charge in [0.05, 0.1) is 5.69 Å². The topological polar surface area (TPSA) is 62.2 Å². The number of aryl methyl sites for hydroxylation is 1. The summed E-state index contributed by atoms with van der Waals surface area (Å²) in [5, 5.41) is 12.4. The van der Waals surface area contributed by atoms with Crippen LogP contribution in [-0.4, -0.2) is 22.1 Å². The van der Waals surface area contributed by atoms with Crippen molar-refractivity contribution < 1.29 is 9.90 Å². The van der Waals surface area contributed by atoms with Gasteiger partial charge in [-0.05, 0) is 37.5 Å². The van der Waals surface area contributed by atoms with Crippen LogP contribution in [0, 0.1) is 0 Å². The number of nitrogens with zero attached hydrogens (tertiary/aromatic N) is 1. The van der Waals surface area contributed by atoms with E-state index in [1.54, 1.807) is 6.20 Å². The number of rotatable bonds is 5. The SMILES string of the molecule is CCc1cccc(-c2cnc(C(=O)O)c(NC(C)C)c2)c1. The molecule has 21 heavy (non-hydrogen) atoms. The molecule has 1 heterocycles. The number of pyridine rings is 1. The summed E-state index contributed by atoms with van der Waals surface area (Å²) in [6.45, 7) is 6.04. The fourth-order valence-electron chi connectivity index (χ4n) is 2.18. The van der Waals surface area contributed by atoms with E-state index in [1.165, 1.54) is 5.56 Å². The molecule has 110 valence electrons. The van der Waals surface area contributed by atoms with E-state index in [4.69, 9.17) is 0 Å². The van der Waals surface area contributed by atoms with E-state index >= 15 is 0 Å². The van der Waals surface area contributed by atoms with Crippen LogP contribution in [0.5, 0.6) is 0 Å². The Bertz CT molecular complexity index is 651. The van der Waals surface area contributed by atoms with Gasteiger partial charge in [-0.3, -0.25) is 0 Å². The third-order valence-corrected chi connectivity index (χ3v) is 3.20. The van der Waals surface area contributed by atoms with Crippen molar-refractivity contribution >= 4 is 11.7 Å². The Hall–Kier alpha value is -2.36. The van der Waals surface area contributed by atoms with Gasteiger partial charge < -0.3 is 10.4 Å². The number of aromatic carboxylic acids is 1. The maximum absolute atomic E-state index is 11.2. The Balaban J connectivity index is 2.47. The van der Waals surface area contributed by atoms with Crippen LogP contribution in [0.4, 0.5) is 5.69 Å². The van der Waals surface area contributed by atoms with Crippen LogP contribution in [-0.2, 0) is 6.42 Å². The van der Waals surface area contributed by atoms with E-state index in [0.717, 1.165) is 17.5 Å². The molecule has 0 unspecified atom stereocenters. The van der Waals surface area contributed by atoms with Gasteiger partial charge >= 0.3 is 5.97 Å². The Morgan fingerprint density at radius 1 is 1.29 bits per heavy atom. The third kappa shape index (κ3) is 3.60. The van der Waals surface area contributed by atoms with Crippen LogP contribution < -0.4 is 5.32 Å². The summed E-state index contributed by atoms with van der Waals surface area (Å²) >= 11 is 0. The lowest BCUT2D eigenvalue weighted by Crippen LogP contribution is -2.14. The minimum atomic E-state index is -1.02. The van der Waals surface area contributed by atoms with Gasteiger partial charge in [-0.2, -0.15) is 0 Å². The normalized spacial score (nSPS) is 10.7. The highest BCUT2D eigenvalue weighted by Gasteiger charge is 2.14. The molecule has 0 spiro atoms. The van der Waals surface area contributed by atoms with Crippen molar-refractivity contribution in [2.75, 3.05) is 5.32 Å². The molecule has 1 aromatic heterocycles. The van der Waals surface area contributed by atoms with E-state index in [9.17, 15) is 9.90 Å². The fraction of sp³-hybridized carbons (Fsp3) is 0.294. The van der Waals surface area contributed by atoms with Crippen molar-refractivity contribution in [3.05, 3.63) is 47.8 Å². The predicted octanol–water partition coefficient (Wildman–Crippen LogP) is 3.83. The molecule has 2 rings (SSSR count). The van der Waals surface area contributed by atoms with Crippen LogP contribution >= 0.6 is 0 Å². The second kappa shape index (κ2) is 6.39. The molecule has 0 bridgehead atoms. The molecule has 0 saturated heterocycles. The highest BCUT2D eigenvalue weighted by atomic mass is 16.4. The molecule has 2 N–H and O–H groups in total. The van der Waals surface area contributed by atoms with Gasteiger partial charge in [0.2, 0.25) is 0 Å². The molecule has 0 fully saturated rings. The number of hydrogen-bond acceptors (Lipinski definition) is 3. The number of aromatic nitrogens is 1. The summed E-state index contributed by atoms with van der Waals surface area (Å²) in [4.78, 5) is 15.4. The lowest BCUT2D eigenvalue weighted by molar-refractivity contribution is 0.0691. The van der Waals surface area contributed by atoms with Crippen molar-refractivity contribution in [1.82, 2.24) is 4.98 Å². The first-order valence-corrected chi connectivity index (χ1v) is 7.10. The summed E-state index contributed by atoms with van der Waals surface area (Å²) in [6.07, 6.45) is 2.58. The van der Waals surface area contributed by atoms with Gasteiger partial charge in [0.15, 0.2) is 5.69 Å². The monoisotopic (exact) mass is 284 g/mol. The summed E-state index contributed by atoms with van der Waals surface area (Å²) in [7, 11) is 0. The van der Waals surface area contributed by atoms with Crippen molar-refractivity contribution in [2.45, 2.75) is 33.2 Å². The van der Waals surface area contributed by atoms with E-state index in [0.29, 0.717) is 5.69 Å². The molecule has 0 aliphatic carbocycles. The van der Waals surface area contributed by atoms with Crippen LogP contribution in [0.2, 0.25) is 0 Å². The molecular formula is C17H20N2O2. The van der Waals surface area contributed by atoms with Crippen molar-refractivity contribution in [2.24, 2.45) is 0 Å². The molecule has 0 saturated carbocycles.